The van der Waals surface area contributed by atoms with E-state index in [9.17, 15) is 19.5 Å². The van der Waals surface area contributed by atoms with Gasteiger partial charge in [0.2, 0.25) is 5.43 Å². The zero-order chi connectivity index (χ0) is 26.9. The van der Waals surface area contributed by atoms with Gasteiger partial charge in [-0.3, -0.25) is 4.79 Å². The highest BCUT2D eigenvalue weighted by Gasteiger charge is 2.40. The predicted octanol–water partition coefficient (Wildman–Crippen LogP) is 5.84. The number of carbonyl (C=O) groups is 2. The molecule has 0 spiro atoms. The minimum absolute atomic E-state index is 0.0340. The third-order valence-electron chi connectivity index (χ3n) is 6.95. The first-order valence-corrected chi connectivity index (χ1v) is 13.2. The largest absolute Gasteiger partial charge is 0.477 e. The third-order valence-corrected chi connectivity index (χ3v) is 8.20. The lowest BCUT2D eigenvalue weighted by Crippen LogP contribution is -2.42. The number of rotatable bonds is 4. The van der Waals surface area contributed by atoms with Gasteiger partial charge in [0.15, 0.2) is 5.82 Å². The number of carboxylic acid groups (broad SMARTS) is 1. The Morgan fingerprint density at radius 3 is 2.59 bits per heavy atom. The van der Waals surface area contributed by atoms with E-state index in [4.69, 9.17) is 4.74 Å². The highest BCUT2D eigenvalue weighted by molar-refractivity contribution is 7.15. The predicted molar refractivity (Wildman–Crippen MR) is 139 cm³/mol. The Balaban J connectivity index is 1.60. The average Bonchev–Trinajstić information content (AvgIpc) is 3.53. The van der Waals surface area contributed by atoms with Gasteiger partial charge in [-0.2, -0.15) is 0 Å². The van der Waals surface area contributed by atoms with Crippen LogP contribution in [0.4, 0.5) is 9.18 Å². The first-order valence-electron chi connectivity index (χ1n) is 12.4. The van der Waals surface area contributed by atoms with Crippen molar-refractivity contribution in [3.05, 3.63) is 50.4 Å². The standard InChI is InChI=1S/C27H30FN3O5S/c1-26(2,3)36-25(35)30-22-21-13(8-9-27(22,4)5)10-18(37-21)19-17(28)11-15-20(32)16(24(33)34)12-31(14-6-7-14)23(15)29-19/h10-12,14,22H,6-9H2,1-5H3,(H,30,35)(H,33,34). The molecule has 2 aliphatic rings. The highest BCUT2D eigenvalue weighted by atomic mass is 32.1. The summed E-state index contributed by atoms with van der Waals surface area (Å²) in [5.74, 6) is -2.04. The molecule has 3 aromatic rings. The molecule has 1 amide bonds. The smallest absolute Gasteiger partial charge is 0.408 e. The summed E-state index contributed by atoms with van der Waals surface area (Å²) in [6, 6.07) is 2.72. The first kappa shape index (κ1) is 25.4. The molecule has 196 valence electrons. The van der Waals surface area contributed by atoms with Gasteiger partial charge in [0, 0.05) is 17.1 Å². The van der Waals surface area contributed by atoms with E-state index in [1.165, 1.54) is 17.5 Å². The van der Waals surface area contributed by atoms with E-state index < -0.39 is 34.5 Å². The maximum absolute atomic E-state index is 15.4. The van der Waals surface area contributed by atoms with Crippen LogP contribution < -0.4 is 10.7 Å². The number of fused-ring (bicyclic) bond motifs is 2. The van der Waals surface area contributed by atoms with Crippen molar-refractivity contribution in [2.24, 2.45) is 5.41 Å². The van der Waals surface area contributed by atoms with Crippen molar-refractivity contribution in [1.82, 2.24) is 14.9 Å². The van der Waals surface area contributed by atoms with Gasteiger partial charge >= 0.3 is 12.1 Å². The molecule has 0 aromatic carbocycles. The van der Waals surface area contributed by atoms with Crippen molar-refractivity contribution in [3.63, 3.8) is 0 Å². The van der Waals surface area contributed by atoms with Crippen LogP contribution in [0.2, 0.25) is 0 Å². The summed E-state index contributed by atoms with van der Waals surface area (Å²) < 4.78 is 22.6. The van der Waals surface area contributed by atoms with Crippen LogP contribution in [0.15, 0.2) is 23.1 Å². The van der Waals surface area contributed by atoms with Crippen molar-refractivity contribution in [2.45, 2.75) is 78.0 Å². The number of aromatic nitrogens is 2. The second-order valence-corrected chi connectivity index (χ2v) is 12.7. The van der Waals surface area contributed by atoms with E-state index >= 15 is 4.39 Å². The number of aryl methyl sites for hydroxylation is 1. The summed E-state index contributed by atoms with van der Waals surface area (Å²) in [5.41, 5.74) is -0.614. The quantitative estimate of drug-likeness (QED) is 0.441. The van der Waals surface area contributed by atoms with Gasteiger partial charge in [0.25, 0.3) is 0 Å². The van der Waals surface area contributed by atoms with Crippen molar-refractivity contribution < 1.29 is 23.8 Å². The number of amides is 1. The van der Waals surface area contributed by atoms with E-state index in [1.807, 2.05) is 26.8 Å². The summed E-state index contributed by atoms with van der Waals surface area (Å²) in [5, 5.41) is 12.5. The third kappa shape index (κ3) is 4.74. The molecule has 1 fully saturated rings. The molecular formula is C27H30FN3O5S. The molecule has 0 bridgehead atoms. The van der Waals surface area contributed by atoms with Crippen LogP contribution in [0.25, 0.3) is 21.6 Å². The van der Waals surface area contributed by atoms with E-state index in [-0.39, 0.29) is 34.2 Å². The van der Waals surface area contributed by atoms with Crippen LogP contribution in [-0.2, 0) is 11.2 Å². The van der Waals surface area contributed by atoms with Gasteiger partial charge in [-0.25, -0.2) is 19.0 Å². The molecule has 0 radical (unpaired) electrons. The van der Waals surface area contributed by atoms with Gasteiger partial charge in [-0.15, -0.1) is 11.3 Å². The highest BCUT2D eigenvalue weighted by Crippen LogP contribution is 2.49. The zero-order valence-corrected chi connectivity index (χ0v) is 22.3. The Bertz CT molecular complexity index is 1500. The number of carboxylic acids is 1. The van der Waals surface area contributed by atoms with Crippen molar-refractivity contribution in [3.8, 4) is 10.6 Å². The van der Waals surface area contributed by atoms with Crippen molar-refractivity contribution in [1.29, 1.82) is 0 Å². The molecule has 1 saturated carbocycles. The van der Waals surface area contributed by atoms with Crippen LogP contribution in [0, 0.1) is 11.2 Å². The Hall–Kier alpha value is -3.27. The summed E-state index contributed by atoms with van der Waals surface area (Å²) in [4.78, 5) is 43.1. The molecule has 0 saturated heterocycles. The number of nitrogens with zero attached hydrogens (tertiary/aromatic N) is 2. The molecule has 8 nitrogen and oxygen atoms in total. The number of aromatic carboxylic acids is 1. The van der Waals surface area contributed by atoms with Crippen LogP contribution in [0.1, 0.15) is 86.8 Å². The van der Waals surface area contributed by atoms with Gasteiger partial charge in [0.05, 0.1) is 16.3 Å². The Kier molecular flexibility index (Phi) is 5.93. The second-order valence-electron chi connectivity index (χ2n) is 11.6. The van der Waals surface area contributed by atoms with Gasteiger partial charge in [0.1, 0.15) is 22.5 Å². The number of halogens is 1. The van der Waals surface area contributed by atoms with E-state index in [1.54, 1.807) is 4.57 Å². The number of alkyl carbamates (subject to hydrolysis) is 1. The number of pyridine rings is 2. The molecule has 3 heterocycles. The lowest BCUT2D eigenvalue weighted by Gasteiger charge is -2.39. The van der Waals surface area contributed by atoms with Crippen LogP contribution in [0.5, 0.6) is 0 Å². The Labute approximate surface area is 217 Å². The van der Waals surface area contributed by atoms with Crippen LogP contribution >= 0.6 is 11.3 Å². The second kappa shape index (κ2) is 8.65. The SMILES string of the molecule is CC(C)(C)OC(=O)NC1c2sc(-c3nc4c(cc3F)c(=O)c(C(=O)O)cn4C3CC3)cc2CCC1(C)C. The van der Waals surface area contributed by atoms with Gasteiger partial charge in [-0.05, 0) is 69.6 Å². The number of hydrogen-bond acceptors (Lipinski definition) is 6. The molecular weight excluding hydrogens is 497 g/mol. The summed E-state index contributed by atoms with van der Waals surface area (Å²) >= 11 is 1.37. The minimum atomic E-state index is -1.34. The molecule has 2 N–H and O–H groups in total. The zero-order valence-electron chi connectivity index (χ0n) is 21.5. The fraction of sp³-hybridized carbons (Fsp3) is 0.481. The van der Waals surface area contributed by atoms with Crippen molar-refractivity contribution in [2.75, 3.05) is 0 Å². The number of hydrogen-bond donors (Lipinski definition) is 2. The van der Waals surface area contributed by atoms with Gasteiger partial charge in [-0.1, -0.05) is 13.8 Å². The molecule has 0 aliphatic heterocycles. The van der Waals surface area contributed by atoms with E-state index in [0.29, 0.717) is 4.88 Å². The normalized spacial score (nSPS) is 18.9. The summed E-state index contributed by atoms with van der Waals surface area (Å²) in [7, 11) is 0. The van der Waals surface area contributed by atoms with Crippen molar-refractivity contribution >= 4 is 34.4 Å². The molecule has 37 heavy (non-hydrogen) atoms. The lowest BCUT2D eigenvalue weighted by molar-refractivity contribution is 0.0445. The summed E-state index contributed by atoms with van der Waals surface area (Å²) in [6.07, 6.45) is 4.09. The maximum atomic E-state index is 15.4. The fourth-order valence-corrected chi connectivity index (χ4v) is 6.31. The Morgan fingerprint density at radius 2 is 1.97 bits per heavy atom. The van der Waals surface area contributed by atoms with Crippen LogP contribution in [0.3, 0.4) is 0 Å². The number of thiophene rings is 1. The number of nitrogens with one attached hydrogen (secondary N) is 1. The van der Waals surface area contributed by atoms with Gasteiger partial charge < -0.3 is 19.7 Å². The van der Waals surface area contributed by atoms with E-state index in [2.05, 4.69) is 24.1 Å². The molecule has 3 aromatic heterocycles. The topological polar surface area (TPSA) is 111 Å². The molecule has 2 aliphatic carbocycles. The molecule has 1 atom stereocenters. The Morgan fingerprint density at radius 1 is 1.27 bits per heavy atom. The average molecular weight is 528 g/mol. The number of ether oxygens (including phenoxy) is 1. The lowest BCUT2D eigenvalue weighted by atomic mass is 9.73. The monoisotopic (exact) mass is 527 g/mol. The van der Waals surface area contributed by atoms with Crippen LogP contribution in [-0.4, -0.2) is 32.3 Å². The molecule has 10 heteroatoms. The molecule has 1 unspecified atom stereocenters. The maximum Gasteiger partial charge on any atom is 0.408 e. The number of carbonyl (C=O) groups excluding carboxylic acids is 1. The fourth-order valence-electron chi connectivity index (χ4n) is 4.84. The van der Waals surface area contributed by atoms with E-state index in [0.717, 1.165) is 42.2 Å². The molecule has 5 rings (SSSR count). The minimum Gasteiger partial charge on any atom is -0.477 e. The summed E-state index contributed by atoms with van der Waals surface area (Å²) in [6.45, 7) is 9.59. The first-order chi connectivity index (χ1) is 17.2.